The number of ketones is 2. The maximum absolute atomic E-state index is 13.5. The lowest BCUT2D eigenvalue weighted by Crippen LogP contribution is -2.62. The lowest BCUT2D eigenvalue weighted by atomic mass is 9.45. The van der Waals surface area contributed by atoms with Gasteiger partial charge in [0.15, 0.2) is 18.4 Å². The number of aliphatic carboxylic acids is 1. The lowest BCUT2D eigenvalue weighted by molar-refractivity contribution is -0.184. The van der Waals surface area contributed by atoms with Gasteiger partial charge in [0, 0.05) is 18.3 Å². The van der Waals surface area contributed by atoms with Gasteiger partial charge in [-0.3, -0.25) is 24.0 Å². The number of allylic oxidation sites excluding steroid dienone is 1. The third-order valence-electron chi connectivity index (χ3n) is 11.7. The van der Waals surface area contributed by atoms with E-state index in [1.165, 1.54) is 6.92 Å². The minimum atomic E-state index is -1.81. The minimum absolute atomic E-state index is 0.0299. The Bertz CT molecular complexity index is 1330. The summed E-state index contributed by atoms with van der Waals surface area (Å²) in [5.41, 5.74) is -1.95. The van der Waals surface area contributed by atoms with Gasteiger partial charge in [-0.05, 0) is 80.6 Å². The molecule has 0 bridgehead atoms. The van der Waals surface area contributed by atoms with E-state index in [1.54, 1.807) is 19.9 Å². The molecule has 0 aromatic heterocycles. The molecule has 0 unspecified atom stereocenters. The van der Waals surface area contributed by atoms with E-state index in [9.17, 15) is 49.2 Å². The molecule has 47 heavy (non-hydrogen) atoms. The van der Waals surface area contributed by atoms with Crippen LogP contribution in [-0.2, 0) is 33.5 Å². The Labute approximate surface area is 274 Å². The van der Waals surface area contributed by atoms with Gasteiger partial charge in [-0.15, -0.1) is 0 Å². The fraction of sp³-hybridized carbons (Fsp3) is 0.765. The van der Waals surface area contributed by atoms with Crippen molar-refractivity contribution in [3.63, 3.8) is 0 Å². The molecular formula is C34H50N2O11. The number of carboxylic acids is 1. The average molecular weight is 663 g/mol. The first-order valence-electron chi connectivity index (χ1n) is 16.7. The van der Waals surface area contributed by atoms with E-state index in [1.807, 2.05) is 6.92 Å². The van der Waals surface area contributed by atoms with Crippen molar-refractivity contribution in [2.24, 2.45) is 34.5 Å². The van der Waals surface area contributed by atoms with Crippen molar-refractivity contribution < 1.29 is 53.9 Å². The molecule has 0 aromatic carbocycles. The van der Waals surface area contributed by atoms with Crippen molar-refractivity contribution in [2.75, 3.05) is 6.61 Å². The van der Waals surface area contributed by atoms with Gasteiger partial charge in [0.25, 0.3) is 0 Å². The largest absolute Gasteiger partial charge is 0.480 e. The van der Waals surface area contributed by atoms with Crippen molar-refractivity contribution in [1.29, 1.82) is 0 Å². The van der Waals surface area contributed by atoms with E-state index in [0.717, 1.165) is 18.4 Å². The van der Waals surface area contributed by atoms with Crippen molar-refractivity contribution in [3.05, 3.63) is 11.6 Å². The van der Waals surface area contributed by atoms with Crippen LogP contribution in [-0.4, -0.2) is 92.2 Å². The number of fused-ring (bicyclic) bond motifs is 5. The summed E-state index contributed by atoms with van der Waals surface area (Å²) in [4.78, 5) is 74.7. The molecule has 3 saturated carbocycles. The Morgan fingerprint density at radius 1 is 1.00 bits per heavy atom. The molecule has 0 aliphatic heterocycles. The molecule has 0 spiro atoms. The number of hydrogen-bond donors (Lipinski definition) is 6. The number of esters is 1. The van der Waals surface area contributed by atoms with Gasteiger partial charge in [-0.1, -0.05) is 33.3 Å². The van der Waals surface area contributed by atoms with E-state index in [4.69, 9.17) is 4.74 Å². The van der Waals surface area contributed by atoms with Gasteiger partial charge in [-0.2, -0.15) is 0 Å². The molecule has 0 aromatic rings. The molecule has 0 radical (unpaired) electrons. The van der Waals surface area contributed by atoms with Crippen LogP contribution in [0.5, 0.6) is 0 Å². The quantitative estimate of drug-likeness (QED) is 0.163. The Kier molecular flexibility index (Phi) is 10.7. The molecular weight excluding hydrogens is 612 g/mol. The number of aliphatic hydroxyl groups is 3. The molecule has 10 atom stereocenters. The molecule has 3 fully saturated rings. The zero-order valence-corrected chi connectivity index (χ0v) is 27.9. The highest BCUT2D eigenvalue weighted by atomic mass is 16.5. The van der Waals surface area contributed by atoms with Crippen molar-refractivity contribution in [2.45, 2.75) is 122 Å². The number of nitrogens with one attached hydrogen (secondary N) is 2. The second kappa shape index (κ2) is 13.8. The smallest absolute Gasteiger partial charge is 0.328 e. The molecule has 6 N–H and O–H groups in total. The monoisotopic (exact) mass is 662 g/mol. The predicted octanol–water partition coefficient (Wildman–Crippen LogP) is 1.20. The van der Waals surface area contributed by atoms with Crippen LogP contribution >= 0.6 is 0 Å². The number of amides is 2. The summed E-state index contributed by atoms with van der Waals surface area (Å²) >= 11 is 0. The maximum atomic E-state index is 13.5. The summed E-state index contributed by atoms with van der Waals surface area (Å²) in [5, 5.41) is 46.9. The molecule has 13 heteroatoms. The zero-order chi connectivity index (χ0) is 35.1. The van der Waals surface area contributed by atoms with Gasteiger partial charge >= 0.3 is 11.9 Å². The Morgan fingerprint density at radius 3 is 2.30 bits per heavy atom. The van der Waals surface area contributed by atoms with Crippen LogP contribution in [0.3, 0.4) is 0 Å². The van der Waals surface area contributed by atoms with E-state index in [2.05, 4.69) is 17.6 Å². The molecule has 262 valence electrons. The molecule has 0 saturated heterocycles. The summed E-state index contributed by atoms with van der Waals surface area (Å²) in [6, 6.07) is -2.70. The van der Waals surface area contributed by atoms with E-state index >= 15 is 0 Å². The molecule has 4 rings (SSSR count). The standard InChI is InChI=1S/C34H50N2O11/c1-17(2)28(30(43)36-29(18(3)37)31(44)45)35-25(41)8-9-26(42)47-16-24(40)34(46)13-11-22-21-7-6-19-14-20(38)10-12-32(19,4)27(21)23(39)15-33(22,34)5/h14,17-18,21-23,27-29,37,39,46H,6-13,15-16H2,1-5H3,(H,35,41)(H,36,43)(H,44,45)/t18-,21-,22-,23+,27+,28-,29+,32-,33-,34-/m0/s1. The van der Waals surface area contributed by atoms with Gasteiger partial charge in [-0.25, -0.2) is 4.79 Å². The fourth-order valence-corrected chi connectivity index (χ4v) is 9.12. The number of rotatable bonds is 12. The Morgan fingerprint density at radius 2 is 1.68 bits per heavy atom. The minimum Gasteiger partial charge on any atom is -0.480 e. The Hall–Kier alpha value is -3.16. The van der Waals surface area contributed by atoms with Crippen molar-refractivity contribution in [3.8, 4) is 0 Å². The SMILES string of the molecule is CC(C)[C@H](NC(=O)CCC(=O)OCC(=O)[C@@]1(O)CC[C@H]2[C@@H]3CCC4=CC(=O)CC[C@]4(C)[C@H]3[C@H](O)C[C@@]21C)C(=O)N[C@@H](C(=O)O)[C@H](C)O. The average Bonchev–Trinajstić information content (AvgIpc) is 3.26. The second-order valence-corrected chi connectivity index (χ2v) is 14.9. The molecule has 2 amide bonds. The van der Waals surface area contributed by atoms with Crippen LogP contribution in [0.2, 0.25) is 0 Å². The van der Waals surface area contributed by atoms with Crippen LogP contribution in [0, 0.1) is 34.5 Å². The second-order valence-electron chi connectivity index (χ2n) is 14.9. The third-order valence-corrected chi connectivity index (χ3v) is 11.7. The number of carbonyl (C=O) groups is 6. The van der Waals surface area contributed by atoms with Gasteiger partial charge in [0.2, 0.25) is 17.6 Å². The normalized spacial score (nSPS) is 34.9. The summed E-state index contributed by atoms with van der Waals surface area (Å²) in [5.74, 6) is -4.79. The van der Waals surface area contributed by atoms with E-state index < -0.39 is 83.8 Å². The molecule has 13 nitrogen and oxygen atoms in total. The van der Waals surface area contributed by atoms with Crippen molar-refractivity contribution >= 4 is 35.3 Å². The van der Waals surface area contributed by atoms with Crippen LogP contribution in [0.15, 0.2) is 11.6 Å². The number of carboxylic acid groups (broad SMARTS) is 1. The van der Waals surface area contributed by atoms with Crippen LogP contribution < -0.4 is 10.6 Å². The molecule has 4 aliphatic carbocycles. The fourth-order valence-electron chi connectivity index (χ4n) is 9.12. The van der Waals surface area contributed by atoms with Crippen LogP contribution in [0.4, 0.5) is 0 Å². The van der Waals surface area contributed by atoms with Crippen LogP contribution in [0.25, 0.3) is 0 Å². The zero-order valence-electron chi connectivity index (χ0n) is 27.9. The summed E-state index contributed by atoms with van der Waals surface area (Å²) in [6.07, 6.45) is 2.42. The van der Waals surface area contributed by atoms with E-state index in [-0.39, 0.29) is 48.2 Å². The van der Waals surface area contributed by atoms with Crippen molar-refractivity contribution in [1.82, 2.24) is 10.6 Å². The van der Waals surface area contributed by atoms with Crippen LogP contribution in [0.1, 0.15) is 92.4 Å². The van der Waals surface area contributed by atoms with Gasteiger partial charge in [0.05, 0.1) is 18.6 Å². The summed E-state index contributed by atoms with van der Waals surface area (Å²) < 4.78 is 5.19. The highest BCUT2D eigenvalue weighted by Gasteiger charge is 2.68. The first-order chi connectivity index (χ1) is 21.9. The number of ether oxygens (including phenoxy) is 1. The van der Waals surface area contributed by atoms with E-state index in [0.29, 0.717) is 19.3 Å². The summed E-state index contributed by atoms with van der Waals surface area (Å²) in [7, 11) is 0. The Balaban J connectivity index is 1.32. The number of Topliss-reactive ketones (excluding diaryl/α,β-unsaturated/α-hetero) is 1. The molecule has 4 aliphatic rings. The number of aliphatic hydroxyl groups excluding tert-OH is 2. The number of carbonyl (C=O) groups excluding carboxylic acids is 5. The third kappa shape index (κ3) is 6.89. The first-order valence-corrected chi connectivity index (χ1v) is 16.7. The highest BCUT2D eigenvalue weighted by Crippen LogP contribution is 2.67. The lowest BCUT2D eigenvalue weighted by Gasteiger charge is -2.60. The topological polar surface area (TPSA) is 217 Å². The first kappa shape index (κ1) is 36.7. The summed E-state index contributed by atoms with van der Waals surface area (Å²) in [6.45, 7) is 7.75. The molecule has 0 heterocycles. The number of hydrogen-bond acceptors (Lipinski definition) is 10. The highest BCUT2D eigenvalue weighted by molar-refractivity contribution is 5.93. The maximum Gasteiger partial charge on any atom is 0.328 e. The predicted molar refractivity (Wildman–Crippen MR) is 166 cm³/mol. The van der Waals surface area contributed by atoms with Gasteiger partial charge in [0.1, 0.15) is 11.6 Å². The van der Waals surface area contributed by atoms with Gasteiger partial charge < -0.3 is 35.8 Å².